The smallest absolute Gasteiger partial charge is 0.462 e. The van der Waals surface area contributed by atoms with Crippen LogP contribution in [0.25, 0.3) is 0 Å². The third-order valence-corrected chi connectivity index (χ3v) is 22.8. The first-order valence-corrected chi connectivity index (χ1v) is 47.6. The highest BCUT2D eigenvalue weighted by Crippen LogP contribution is 2.45. The second-order valence-corrected chi connectivity index (χ2v) is 34.3. The van der Waals surface area contributed by atoms with E-state index in [2.05, 4.69) is 41.5 Å². The molecular weight excluding hydrogens is 1370 g/mol. The maximum absolute atomic E-state index is 13.1. The van der Waals surface area contributed by atoms with Crippen molar-refractivity contribution in [1.29, 1.82) is 0 Å². The molecule has 105 heavy (non-hydrogen) atoms. The van der Waals surface area contributed by atoms with E-state index in [0.717, 1.165) is 102 Å². The molecular formula is C86H168O17P2. The van der Waals surface area contributed by atoms with Crippen LogP contribution in [0.2, 0.25) is 0 Å². The lowest BCUT2D eigenvalue weighted by molar-refractivity contribution is -0.161. The minimum absolute atomic E-state index is 0.108. The van der Waals surface area contributed by atoms with Crippen LogP contribution >= 0.6 is 15.6 Å². The molecule has 0 bridgehead atoms. The average molecular weight is 1540 g/mol. The number of aliphatic hydroxyl groups is 1. The van der Waals surface area contributed by atoms with Gasteiger partial charge in [0.1, 0.15) is 19.3 Å². The highest BCUT2D eigenvalue weighted by Gasteiger charge is 2.30. The molecule has 0 aliphatic heterocycles. The van der Waals surface area contributed by atoms with E-state index in [4.69, 9.17) is 37.0 Å². The molecule has 0 saturated carbocycles. The van der Waals surface area contributed by atoms with Crippen molar-refractivity contribution in [2.75, 3.05) is 39.6 Å². The molecule has 4 unspecified atom stereocenters. The fraction of sp³-hybridized carbons (Fsp3) is 0.953. The number of hydrogen-bond acceptors (Lipinski definition) is 15. The van der Waals surface area contributed by atoms with E-state index in [9.17, 15) is 43.2 Å². The summed E-state index contributed by atoms with van der Waals surface area (Å²) < 4.78 is 68.9. The molecule has 0 spiro atoms. The number of hydrogen-bond donors (Lipinski definition) is 3. The molecule has 3 N–H and O–H groups in total. The number of carbonyl (C=O) groups excluding carboxylic acids is 4. The third kappa shape index (κ3) is 77.2. The van der Waals surface area contributed by atoms with Gasteiger partial charge in [-0.2, -0.15) is 0 Å². The zero-order valence-electron chi connectivity index (χ0n) is 69.0. The molecule has 0 aliphatic carbocycles. The minimum Gasteiger partial charge on any atom is -0.462 e. The van der Waals surface area contributed by atoms with Gasteiger partial charge in [-0.15, -0.1) is 0 Å². The quantitative estimate of drug-likeness (QED) is 0.0222. The van der Waals surface area contributed by atoms with Gasteiger partial charge in [0.25, 0.3) is 0 Å². The molecule has 19 heteroatoms. The van der Waals surface area contributed by atoms with E-state index in [1.165, 1.54) is 276 Å². The first-order chi connectivity index (χ1) is 50.9. The second kappa shape index (κ2) is 77.4. The van der Waals surface area contributed by atoms with Crippen LogP contribution in [-0.4, -0.2) is 96.7 Å². The number of rotatable bonds is 85. The van der Waals surface area contributed by atoms with E-state index in [-0.39, 0.29) is 25.7 Å². The SMILES string of the molecule is CCCCCCCCCCCCCCCCCCCCC(=O)OC[C@H](COP(=O)(O)OC[C@@H](O)COP(=O)(O)OC[C@@H](COC(=O)CCCCCCCCCCC(C)CC)OC(=O)CCCCCCCCCCCCCCCCCCC)OC(=O)CCCCCCCCCCCCCCCCC(C)CC. The predicted octanol–water partition coefficient (Wildman–Crippen LogP) is 26.2. The topological polar surface area (TPSA) is 237 Å². The summed E-state index contributed by atoms with van der Waals surface area (Å²) in [4.78, 5) is 73.3. The fourth-order valence-electron chi connectivity index (χ4n) is 13.4. The van der Waals surface area contributed by atoms with E-state index in [0.29, 0.717) is 25.7 Å². The van der Waals surface area contributed by atoms with Gasteiger partial charge in [0.05, 0.1) is 26.4 Å². The van der Waals surface area contributed by atoms with E-state index < -0.39 is 97.5 Å². The number of unbranched alkanes of at least 4 members (excludes halogenated alkanes) is 53. The number of carbonyl (C=O) groups is 4. The first-order valence-electron chi connectivity index (χ1n) is 44.6. The molecule has 0 saturated heterocycles. The van der Waals surface area contributed by atoms with Crippen LogP contribution in [0.15, 0.2) is 0 Å². The summed E-state index contributed by atoms with van der Waals surface area (Å²) in [5.74, 6) is -0.477. The van der Waals surface area contributed by atoms with Gasteiger partial charge in [0.15, 0.2) is 12.2 Å². The maximum Gasteiger partial charge on any atom is 0.472 e. The Kier molecular flexibility index (Phi) is 76.0. The van der Waals surface area contributed by atoms with Crippen molar-refractivity contribution in [1.82, 2.24) is 0 Å². The fourth-order valence-corrected chi connectivity index (χ4v) is 14.9. The van der Waals surface area contributed by atoms with Crippen LogP contribution in [-0.2, 0) is 65.4 Å². The van der Waals surface area contributed by atoms with Crippen LogP contribution in [0.5, 0.6) is 0 Å². The van der Waals surface area contributed by atoms with Crippen LogP contribution in [0, 0.1) is 11.8 Å². The monoisotopic (exact) mass is 1540 g/mol. The molecule has 0 rings (SSSR count). The molecule has 0 heterocycles. The summed E-state index contributed by atoms with van der Waals surface area (Å²) >= 11 is 0. The van der Waals surface area contributed by atoms with Gasteiger partial charge >= 0.3 is 39.5 Å². The molecule has 0 aromatic carbocycles. The van der Waals surface area contributed by atoms with Gasteiger partial charge < -0.3 is 33.8 Å². The van der Waals surface area contributed by atoms with E-state index in [1.54, 1.807) is 0 Å². The zero-order chi connectivity index (χ0) is 77.1. The lowest BCUT2D eigenvalue weighted by Gasteiger charge is -2.21. The van der Waals surface area contributed by atoms with Crippen LogP contribution in [0.3, 0.4) is 0 Å². The first kappa shape index (κ1) is 103. The number of phosphoric ester groups is 2. The number of phosphoric acid groups is 2. The van der Waals surface area contributed by atoms with Crippen LogP contribution in [0.1, 0.15) is 459 Å². The normalized spacial score (nSPS) is 14.3. The van der Waals surface area contributed by atoms with Gasteiger partial charge in [-0.25, -0.2) is 9.13 Å². The molecule has 0 amide bonds. The van der Waals surface area contributed by atoms with Crippen molar-refractivity contribution >= 4 is 39.5 Å². The van der Waals surface area contributed by atoms with Gasteiger partial charge in [-0.1, -0.05) is 408 Å². The Balaban J connectivity index is 5.27. The van der Waals surface area contributed by atoms with E-state index >= 15 is 0 Å². The summed E-state index contributed by atoms with van der Waals surface area (Å²) in [6.45, 7) is 9.74. The zero-order valence-corrected chi connectivity index (χ0v) is 70.8. The Morgan fingerprint density at radius 2 is 0.457 bits per heavy atom. The van der Waals surface area contributed by atoms with Crippen molar-refractivity contribution in [3.63, 3.8) is 0 Å². The highest BCUT2D eigenvalue weighted by atomic mass is 31.2. The van der Waals surface area contributed by atoms with Crippen molar-refractivity contribution in [2.24, 2.45) is 11.8 Å². The molecule has 7 atom stereocenters. The third-order valence-electron chi connectivity index (χ3n) is 20.9. The Bertz CT molecular complexity index is 2010. The molecule has 624 valence electrons. The van der Waals surface area contributed by atoms with Gasteiger partial charge in [0, 0.05) is 25.7 Å². The van der Waals surface area contributed by atoms with Crippen molar-refractivity contribution in [2.45, 2.75) is 477 Å². The molecule has 0 radical (unpaired) electrons. The summed E-state index contributed by atoms with van der Waals surface area (Å²) in [5, 5.41) is 10.7. The number of aliphatic hydroxyl groups excluding tert-OH is 1. The summed E-state index contributed by atoms with van der Waals surface area (Å²) in [5.41, 5.74) is 0. The lowest BCUT2D eigenvalue weighted by Crippen LogP contribution is -2.30. The number of ether oxygens (including phenoxy) is 4. The van der Waals surface area contributed by atoms with Crippen LogP contribution in [0.4, 0.5) is 0 Å². The van der Waals surface area contributed by atoms with Crippen molar-refractivity contribution < 1.29 is 80.2 Å². The summed E-state index contributed by atoms with van der Waals surface area (Å²) in [7, 11) is -9.93. The second-order valence-electron chi connectivity index (χ2n) is 31.4. The Morgan fingerprint density at radius 3 is 0.676 bits per heavy atom. The predicted molar refractivity (Wildman–Crippen MR) is 432 cm³/mol. The highest BCUT2D eigenvalue weighted by molar-refractivity contribution is 7.47. The Labute approximate surface area is 645 Å². The standard InChI is InChI=1S/C86H168O17P2/c1-7-11-13-15-17-19-21-23-25-27-29-30-35-39-43-50-56-62-68-83(88)96-74-81(102-85(90)71-65-59-53-45-41-37-33-32-34-38-42-48-54-60-66-78(5)9-3)76-100-104(92,93)98-72-80(87)73-99-105(94,95)101-77-82(75-97-84(89)69-63-57-51-47-46-49-55-61-67-79(6)10-4)103-86(91)70-64-58-52-44-40-36-31-28-26-24-22-20-18-16-14-12-8-2/h78-82,87H,7-77H2,1-6H3,(H,92,93)(H,94,95)/t78?,79?,80-,81-,82-/m1/s1. The average Bonchev–Trinajstić information content (AvgIpc) is 0.912. The largest absolute Gasteiger partial charge is 0.472 e. The van der Waals surface area contributed by atoms with Gasteiger partial charge in [-0.05, 0) is 37.5 Å². The summed E-state index contributed by atoms with van der Waals surface area (Å²) in [6, 6.07) is 0. The van der Waals surface area contributed by atoms with E-state index in [1.807, 2.05) is 0 Å². The Morgan fingerprint density at radius 1 is 0.267 bits per heavy atom. The minimum atomic E-state index is -4.97. The maximum atomic E-state index is 13.1. The molecule has 0 fully saturated rings. The lowest BCUT2D eigenvalue weighted by atomic mass is 9.99. The Hall–Kier alpha value is -1.94. The van der Waals surface area contributed by atoms with Crippen molar-refractivity contribution in [3.8, 4) is 0 Å². The van der Waals surface area contributed by atoms with Crippen LogP contribution < -0.4 is 0 Å². The molecule has 0 aliphatic rings. The molecule has 0 aromatic heterocycles. The van der Waals surface area contributed by atoms with Gasteiger partial charge in [-0.3, -0.25) is 37.3 Å². The molecule has 17 nitrogen and oxygen atoms in total. The number of esters is 4. The van der Waals surface area contributed by atoms with Gasteiger partial charge in [0.2, 0.25) is 0 Å². The summed E-state index contributed by atoms with van der Waals surface area (Å²) in [6.07, 6.45) is 69.2. The van der Waals surface area contributed by atoms with Crippen molar-refractivity contribution in [3.05, 3.63) is 0 Å². The molecule has 0 aromatic rings.